The van der Waals surface area contributed by atoms with Gasteiger partial charge in [-0.05, 0) is 25.0 Å². The molecule has 3 nitrogen and oxygen atoms in total. The summed E-state index contributed by atoms with van der Waals surface area (Å²) in [6.45, 7) is 2.16. The second kappa shape index (κ2) is 5.71. The molecule has 1 heterocycles. The quantitative estimate of drug-likeness (QED) is 0.648. The third-order valence-corrected chi connectivity index (χ3v) is 3.25. The highest BCUT2D eigenvalue weighted by Gasteiger charge is 2.07. The maximum Gasteiger partial charge on any atom is 0.189 e. The lowest BCUT2D eigenvalue weighted by Crippen LogP contribution is -2.12. The van der Waals surface area contributed by atoms with Crippen LogP contribution in [0.25, 0.3) is 10.9 Å². The van der Waals surface area contributed by atoms with Gasteiger partial charge < -0.3 is 5.21 Å². The molecule has 2 rings (SSSR count). The summed E-state index contributed by atoms with van der Waals surface area (Å²) in [5, 5.41) is 10.7. The number of fused-ring (bicyclic) bond motifs is 1. The lowest BCUT2D eigenvalue weighted by atomic mass is 10.1. The number of aryl methyl sites for hydroxylation is 1. The second-order valence-corrected chi connectivity index (χ2v) is 4.64. The summed E-state index contributed by atoms with van der Waals surface area (Å²) in [6.07, 6.45) is 5.27. The first kappa shape index (κ1) is 12.7. The molecule has 0 saturated carbocycles. The molecule has 18 heavy (non-hydrogen) atoms. The van der Waals surface area contributed by atoms with Gasteiger partial charge in [0.25, 0.3) is 0 Å². The van der Waals surface area contributed by atoms with Crippen molar-refractivity contribution >= 4 is 10.9 Å². The van der Waals surface area contributed by atoms with Crippen molar-refractivity contribution in [3.05, 3.63) is 46.2 Å². The zero-order valence-corrected chi connectivity index (χ0v) is 10.7. The minimum atomic E-state index is -0.0126. The van der Waals surface area contributed by atoms with Crippen LogP contribution in [-0.2, 0) is 6.42 Å². The predicted molar refractivity (Wildman–Crippen MR) is 73.2 cm³/mol. The third kappa shape index (κ3) is 2.55. The highest BCUT2D eigenvalue weighted by atomic mass is 16.5. The Kier molecular flexibility index (Phi) is 4.03. The van der Waals surface area contributed by atoms with Gasteiger partial charge in [0, 0.05) is 11.5 Å². The number of unbranched alkanes of at least 4 members (excludes halogenated alkanes) is 3. The normalized spacial score (nSPS) is 10.9. The van der Waals surface area contributed by atoms with Crippen molar-refractivity contribution < 1.29 is 5.21 Å². The summed E-state index contributed by atoms with van der Waals surface area (Å²) in [4.78, 5) is 11.9. The molecular formula is C15H19NO2. The lowest BCUT2D eigenvalue weighted by molar-refractivity contribution is 0.187. The summed E-state index contributed by atoms with van der Waals surface area (Å²) in [5.41, 5.74) is 1.28. The van der Waals surface area contributed by atoms with Crippen LogP contribution in [0.3, 0.4) is 0 Å². The maximum atomic E-state index is 11.9. The molecule has 0 atom stereocenters. The number of hydrogen-bond donors (Lipinski definition) is 1. The number of aromatic nitrogens is 1. The van der Waals surface area contributed by atoms with E-state index >= 15 is 0 Å². The average Bonchev–Trinajstić information content (AvgIpc) is 2.40. The first-order valence-electron chi connectivity index (χ1n) is 6.57. The monoisotopic (exact) mass is 245 g/mol. The van der Waals surface area contributed by atoms with Gasteiger partial charge in [-0.15, -0.1) is 0 Å². The molecule has 0 aliphatic carbocycles. The Balaban J connectivity index is 2.29. The van der Waals surface area contributed by atoms with Crippen molar-refractivity contribution in [2.45, 2.75) is 39.0 Å². The molecule has 1 aromatic heterocycles. The fourth-order valence-electron chi connectivity index (χ4n) is 2.22. The molecule has 0 saturated heterocycles. The van der Waals surface area contributed by atoms with E-state index in [1.165, 1.54) is 12.8 Å². The van der Waals surface area contributed by atoms with Crippen LogP contribution in [0.1, 0.15) is 38.3 Å². The van der Waals surface area contributed by atoms with Gasteiger partial charge in [-0.1, -0.05) is 38.3 Å². The van der Waals surface area contributed by atoms with E-state index in [1.54, 1.807) is 18.2 Å². The summed E-state index contributed by atoms with van der Waals surface area (Å²) in [5.74, 6) is 0. The molecular weight excluding hydrogens is 226 g/mol. The number of benzene rings is 1. The molecule has 1 aromatic carbocycles. The highest BCUT2D eigenvalue weighted by Crippen LogP contribution is 2.13. The molecule has 1 N–H and O–H groups in total. The number of hydrogen-bond acceptors (Lipinski definition) is 2. The van der Waals surface area contributed by atoms with E-state index in [0.29, 0.717) is 16.6 Å². The van der Waals surface area contributed by atoms with Gasteiger partial charge in [-0.2, -0.15) is 4.73 Å². The number of nitrogens with zero attached hydrogens (tertiary/aromatic N) is 1. The Hall–Kier alpha value is -1.77. The molecule has 2 aromatic rings. The Morgan fingerprint density at radius 2 is 1.94 bits per heavy atom. The van der Waals surface area contributed by atoms with E-state index in [4.69, 9.17) is 0 Å². The Morgan fingerprint density at radius 1 is 1.17 bits per heavy atom. The molecule has 0 fully saturated rings. The van der Waals surface area contributed by atoms with E-state index in [9.17, 15) is 10.0 Å². The first-order chi connectivity index (χ1) is 8.74. The molecule has 0 unspecified atom stereocenters. The van der Waals surface area contributed by atoms with Crippen LogP contribution < -0.4 is 5.43 Å². The third-order valence-electron chi connectivity index (χ3n) is 3.25. The number of para-hydroxylation sites is 1. The second-order valence-electron chi connectivity index (χ2n) is 4.64. The van der Waals surface area contributed by atoms with Gasteiger partial charge in [0.15, 0.2) is 5.43 Å². The topological polar surface area (TPSA) is 42.2 Å². The number of rotatable bonds is 5. The zero-order chi connectivity index (χ0) is 13.0. The van der Waals surface area contributed by atoms with Crippen LogP contribution in [0.15, 0.2) is 35.1 Å². The largest absolute Gasteiger partial charge is 0.428 e. The van der Waals surface area contributed by atoms with Crippen molar-refractivity contribution in [2.24, 2.45) is 0 Å². The van der Waals surface area contributed by atoms with Gasteiger partial charge >= 0.3 is 0 Å². The van der Waals surface area contributed by atoms with Crippen LogP contribution in [0.2, 0.25) is 0 Å². The van der Waals surface area contributed by atoms with E-state index in [0.717, 1.165) is 24.0 Å². The van der Waals surface area contributed by atoms with Crippen molar-refractivity contribution in [1.82, 2.24) is 4.73 Å². The van der Waals surface area contributed by atoms with Crippen molar-refractivity contribution in [3.8, 4) is 0 Å². The SMILES string of the molecule is CCCCCCc1cc(=O)c2ccccc2n1O. The lowest BCUT2D eigenvalue weighted by Gasteiger charge is -2.10. The molecule has 0 aliphatic heterocycles. The number of pyridine rings is 1. The average molecular weight is 245 g/mol. The molecule has 0 radical (unpaired) electrons. The molecule has 96 valence electrons. The molecule has 0 bridgehead atoms. The summed E-state index contributed by atoms with van der Waals surface area (Å²) < 4.78 is 1.16. The van der Waals surface area contributed by atoms with E-state index in [-0.39, 0.29) is 5.43 Å². The van der Waals surface area contributed by atoms with Gasteiger partial charge in [0.05, 0.1) is 11.2 Å². The summed E-state index contributed by atoms with van der Waals surface area (Å²) >= 11 is 0. The van der Waals surface area contributed by atoms with E-state index < -0.39 is 0 Å². The molecule has 0 amide bonds. The minimum Gasteiger partial charge on any atom is -0.428 e. The van der Waals surface area contributed by atoms with E-state index in [1.807, 2.05) is 12.1 Å². The Bertz CT molecular complexity index is 587. The molecule has 0 spiro atoms. The van der Waals surface area contributed by atoms with Crippen molar-refractivity contribution in [2.75, 3.05) is 0 Å². The van der Waals surface area contributed by atoms with Gasteiger partial charge in [0.1, 0.15) is 0 Å². The van der Waals surface area contributed by atoms with Crippen LogP contribution in [0.5, 0.6) is 0 Å². The predicted octanol–water partition coefficient (Wildman–Crippen LogP) is 3.36. The maximum absolute atomic E-state index is 11.9. The van der Waals surface area contributed by atoms with Gasteiger partial charge in [-0.25, -0.2) is 0 Å². The summed E-state index contributed by atoms with van der Waals surface area (Å²) in [6, 6.07) is 8.70. The van der Waals surface area contributed by atoms with Gasteiger partial charge in [0.2, 0.25) is 0 Å². The van der Waals surface area contributed by atoms with Crippen LogP contribution >= 0.6 is 0 Å². The van der Waals surface area contributed by atoms with Crippen LogP contribution in [0, 0.1) is 0 Å². The summed E-state index contributed by atoms with van der Waals surface area (Å²) in [7, 11) is 0. The minimum absolute atomic E-state index is 0.0126. The van der Waals surface area contributed by atoms with Crippen LogP contribution in [-0.4, -0.2) is 9.94 Å². The molecule has 3 heteroatoms. The van der Waals surface area contributed by atoms with Crippen molar-refractivity contribution in [3.63, 3.8) is 0 Å². The Labute approximate surface area is 107 Å². The highest BCUT2D eigenvalue weighted by molar-refractivity contribution is 5.78. The van der Waals surface area contributed by atoms with Crippen LogP contribution in [0.4, 0.5) is 0 Å². The van der Waals surface area contributed by atoms with E-state index in [2.05, 4.69) is 6.92 Å². The smallest absolute Gasteiger partial charge is 0.189 e. The fourth-order valence-corrected chi connectivity index (χ4v) is 2.22. The van der Waals surface area contributed by atoms with Crippen molar-refractivity contribution in [1.29, 1.82) is 0 Å². The fraction of sp³-hybridized carbons (Fsp3) is 0.400. The Morgan fingerprint density at radius 3 is 2.72 bits per heavy atom. The standard InChI is InChI=1S/C15H19NO2/c1-2-3-4-5-8-12-11-15(17)13-9-6-7-10-14(13)16(12)18/h6-7,9-11,18H,2-5,8H2,1H3. The van der Waals surface area contributed by atoms with Gasteiger partial charge in [-0.3, -0.25) is 4.79 Å². The zero-order valence-electron chi connectivity index (χ0n) is 10.7. The first-order valence-corrected chi connectivity index (χ1v) is 6.57. The molecule has 0 aliphatic rings.